The van der Waals surface area contributed by atoms with E-state index in [1.165, 1.54) is 28.5 Å². The lowest BCUT2D eigenvalue weighted by Gasteiger charge is -2.13. The zero-order valence-electron chi connectivity index (χ0n) is 18.4. The summed E-state index contributed by atoms with van der Waals surface area (Å²) in [6.07, 6.45) is 11.0. The van der Waals surface area contributed by atoms with Crippen LogP contribution in [0.25, 0.3) is 0 Å². The average molecular weight is 438 g/mol. The van der Waals surface area contributed by atoms with Crippen molar-refractivity contribution in [3.8, 4) is 0 Å². The van der Waals surface area contributed by atoms with Gasteiger partial charge in [-0.15, -0.1) is 0 Å². The Morgan fingerprint density at radius 1 is 0.967 bits per heavy atom. The maximum Gasteiger partial charge on any atom is 0.327 e. The van der Waals surface area contributed by atoms with Crippen molar-refractivity contribution in [2.45, 2.75) is 65.8 Å². The summed E-state index contributed by atoms with van der Waals surface area (Å²) in [6.45, 7) is 8.45. The fourth-order valence-electron chi connectivity index (χ4n) is 2.94. The molecule has 0 aromatic carbocycles. The third-order valence-corrected chi connectivity index (χ3v) is 5.99. The van der Waals surface area contributed by atoms with Crippen molar-refractivity contribution in [3.05, 3.63) is 34.9 Å². The van der Waals surface area contributed by atoms with Crippen LogP contribution in [0, 0.1) is 11.8 Å². The lowest BCUT2D eigenvalue weighted by Crippen LogP contribution is -2.43. The van der Waals surface area contributed by atoms with Crippen LogP contribution in [0.5, 0.6) is 0 Å². The molecule has 2 unspecified atom stereocenters. The Balaban J connectivity index is 2.30. The van der Waals surface area contributed by atoms with Gasteiger partial charge in [0.1, 0.15) is 6.04 Å². The van der Waals surface area contributed by atoms with Crippen molar-refractivity contribution in [2.75, 3.05) is 11.5 Å². The molecule has 3 atom stereocenters. The van der Waals surface area contributed by atoms with E-state index < -0.39 is 35.7 Å². The second kappa shape index (κ2) is 13.3. The van der Waals surface area contributed by atoms with Gasteiger partial charge < -0.3 is 15.5 Å². The first-order valence-corrected chi connectivity index (χ1v) is 11.6. The lowest BCUT2D eigenvalue weighted by molar-refractivity contribution is -0.142. The van der Waals surface area contributed by atoms with Crippen LogP contribution in [-0.2, 0) is 14.4 Å². The third kappa shape index (κ3) is 10.7. The molecule has 7 heteroatoms. The zero-order valence-corrected chi connectivity index (χ0v) is 19.3. The first-order chi connectivity index (χ1) is 14.1. The Labute approximate surface area is 183 Å². The number of thioether (sulfide) groups is 1. The highest BCUT2D eigenvalue weighted by Crippen LogP contribution is 2.38. The second-order valence-corrected chi connectivity index (χ2v) is 9.26. The summed E-state index contributed by atoms with van der Waals surface area (Å²) in [5.41, 5.74) is 4.00. The van der Waals surface area contributed by atoms with Gasteiger partial charge in [-0.05, 0) is 59.8 Å². The van der Waals surface area contributed by atoms with E-state index in [1.807, 2.05) is 0 Å². The summed E-state index contributed by atoms with van der Waals surface area (Å²) in [6, 6.07) is -1.00. The van der Waals surface area contributed by atoms with E-state index in [4.69, 9.17) is 5.11 Å². The molecule has 0 bridgehead atoms. The van der Waals surface area contributed by atoms with Crippen molar-refractivity contribution in [1.29, 1.82) is 0 Å². The van der Waals surface area contributed by atoms with Crippen molar-refractivity contribution in [2.24, 2.45) is 11.8 Å². The molecule has 6 nitrogen and oxygen atoms in total. The van der Waals surface area contributed by atoms with E-state index in [-0.39, 0.29) is 12.2 Å². The number of aliphatic carboxylic acids is 2. The monoisotopic (exact) mass is 437 g/mol. The molecule has 0 heterocycles. The Kier molecular flexibility index (Phi) is 11.5. The number of carboxylic acids is 2. The molecule has 0 saturated heterocycles. The standard InChI is InChI=1S/C23H35NO5S/c1-15(2)7-5-8-16(3)9-6-10-17(4)11-12-30-14-20(23(28)29)24-21(25)18-13-19(18)22(26)27/h7,9,11,18-20H,5-6,8,10,12-14H2,1-4H3,(H,24,25)(H,26,27)(H,28,29)/b16-9+,17-11+/t18?,19?,20-/m0/s1. The smallest absolute Gasteiger partial charge is 0.327 e. The molecule has 3 N–H and O–H groups in total. The number of nitrogens with one attached hydrogen (secondary N) is 1. The normalized spacial score (nSPS) is 19.7. The molecule has 1 aliphatic carbocycles. The number of hydrogen-bond acceptors (Lipinski definition) is 4. The number of amides is 1. The Bertz CT molecular complexity index is 706. The van der Waals surface area contributed by atoms with Gasteiger partial charge in [0, 0.05) is 11.5 Å². The highest BCUT2D eigenvalue weighted by Gasteiger charge is 2.48. The molecule has 0 aromatic rings. The van der Waals surface area contributed by atoms with Crippen molar-refractivity contribution in [3.63, 3.8) is 0 Å². The first-order valence-electron chi connectivity index (χ1n) is 10.4. The summed E-state index contributed by atoms with van der Waals surface area (Å²) in [5.74, 6) is -2.94. The number of allylic oxidation sites excluding steroid dienone is 5. The largest absolute Gasteiger partial charge is 0.481 e. The minimum absolute atomic E-state index is 0.249. The molecule has 1 aliphatic rings. The molecular weight excluding hydrogens is 402 g/mol. The number of carbonyl (C=O) groups excluding carboxylic acids is 1. The van der Waals surface area contributed by atoms with Gasteiger partial charge in [0.15, 0.2) is 0 Å². The van der Waals surface area contributed by atoms with Crippen LogP contribution < -0.4 is 5.32 Å². The molecule has 1 fully saturated rings. The fraction of sp³-hybridized carbons (Fsp3) is 0.609. The molecule has 1 amide bonds. The Hall–Kier alpha value is -2.02. The summed E-state index contributed by atoms with van der Waals surface area (Å²) in [7, 11) is 0. The molecule has 0 radical (unpaired) electrons. The maximum atomic E-state index is 12.0. The van der Waals surface area contributed by atoms with Gasteiger partial charge in [0.05, 0.1) is 11.8 Å². The fourth-order valence-corrected chi connectivity index (χ4v) is 3.94. The van der Waals surface area contributed by atoms with E-state index in [9.17, 15) is 19.5 Å². The van der Waals surface area contributed by atoms with E-state index in [2.05, 4.69) is 51.2 Å². The van der Waals surface area contributed by atoms with Crippen LogP contribution in [0.1, 0.15) is 59.8 Å². The molecule has 168 valence electrons. The Morgan fingerprint density at radius 2 is 1.57 bits per heavy atom. The SMILES string of the molecule is CC(C)=CCC/C(C)=C/CC/C(C)=C/CSC[C@H](NC(=O)C1CC1C(=O)O)C(=O)O. The number of hydrogen-bond donors (Lipinski definition) is 3. The van der Waals surface area contributed by atoms with Crippen molar-refractivity contribution >= 4 is 29.6 Å². The van der Waals surface area contributed by atoms with Crippen molar-refractivity contribution < 1.29 is 24.6 Å². The molecule has 1 rings (SSSR count). The van der Waals surface area contributed by atoms with Crippen LogP contribution in [0.2, 0.25) is 0 Å². The highest BCUT2D eigenvalue weighted by molar-refractivity contribution is 7.99. The van der Waals surface area contributed by atoms with Crippen LogP contribution in [0.15, 0.2) is 34.9 Å². The summed E-state index contributed by atoms with van der Waals surface area (Å²) in [5, 5.41) is 20.6. The minimum atomic E-state index is -1.10. The van der Waals surface area contributed by atoms with Gasteiger partial charge in [0.2, 0.25) is 5.91 Å². The molecule has 30 heavy (non-hydrogen) atoms. The highest BCUT2D eigenvalue weighted by atomic mass is 32.2. The van der Waals surface area contributed by atoms with E-state index in [0.717, 1.165) is 25.7 Å². The van der Waals surface area contributed by atoms with Gasteiger partial charge in [-0.3, -0.25) is 9.59 Å². The van der Waals surface area contributed by atoms with E-state index >= 15 is 0 Å². The van der Waals surface area contributed by atoms with Crippen LogP contribution in [0.3, 0.4) is 0 Å². The molecule has 0 aromatic heterocycles. The van der Waals surface area contributed by atoms with Gasteiger partial charge in [-0.2, -0.15) is 11.8 Å². The molecule has 0 spiro atoms. The lowest BCUT2D eigenvalue weighted by atomic mass is 10.1. The minimum Gasteiger partial charge on any atom is -0.481 e. The maximum absolute atomic E-state index is 12.0. The summed E-state index contributed by atoms with van der Waals surface area (Å²) in [4.78, 5) is 34.2. The van der Waals surface area contributed by atoms with Crippen LogP contribution in [-0.4, -0.2) is 45.6 Å². The van der Waals surface area contributed by atoms with E-state index in [1.54, 1.807) is 0 Å². The molecular formula is C23H35NO5S. The zero-order chi connectivity index (χ0) is 22.7. The number of carbonyl (C=O) groups is 3. The van der Waals surface area contributed by atoms with E-state index in [0.29, 0.717) is 5.75 Å². The van der Waals surface area contributed by atoms with Crippen LogP contribution >= 0.6 is 11.8 Å². The predicted molar refractivity (Wildman–Crippen MR) is 122 cm³/mol. The second-order valence-electron chi connectivity index (χ2n) is 8.18. The first kappa shape index (κ1) is 26.0. The quantitative estimate of drug-likeness (QED) is 0.274. The topological polar surface area (TPSA) is 104 Å². The van der Waals surface area contributed by atoms with Crippen molar-refractivity contribution in [1.82, 2.24) is 5.32 Å². The predicted octanol–water partition coefficient (Wildman–Crippen LogP) is 4.43. The molecule has 0 aliphatic heterocycles. The number of carboxylic acid groups (broad SMARTS) is 2. The Morgan fingerprint density at radius 3 is 2.10 bits per heavy atom. The van der Waals surface area contributed by atoms with Gasteiger partial charge in [0.25, 0.3) is 0 Å². The summed E-state index contributed by atoms with van der Waals surface area (Å²) < 4.78 is 0. The number of rotatable bonds is 14. The van der Waals surface area contributed by atoms with Gasteiger partial charge in [-0.25, -0.2) is 4.79 Å². The van der Waals surface area contributed by atoms with Gasteiger partial charge >= 0.3 is 11.9 Å². The summed E-state index contributed by atoms with van der Waals surface area (Å²) >= 11 is 1.44. The third-order valence-electron chi connectivity index (χ3n) is 5.02. The van der Waals surface area contributed by atoms with Crippen LogP contribution in [0.4, 0.5) is 0 Å². The van der Waals surface area contributed by atoms with Gasteiger partial charge in [-0.1, -0.05) is 34.9 Å². The molecule has 1 saturated carbocycles. The average Bonchev–Trinajstić information content (AvgIpc) is 3.44.